The van der Waals surface area contributed by atoms with E-state index in [9.17, 15) is 4.79 Å². The monoisotopic (exact) mass is 361 g/mol. The highest BCUT2D eigenvalue weighted by Gasteiger charge is 2.02. The largest absolute Gasteiger partial charge is 0.326 e. The van der Waals surface area contributed by atoms with Gasteiger partial charge in [0.25, 0.3) is 0 Å². The Kier molecular flexibility index (Phi) is 13.8. The van der Waals surface area contributed by atoms with Crippen LogP contribution in [0, 0.1) is 0 Å². The summed E-state index contributed by atoms with van der Waals surface area (Å²) in [4.78, 5) is 11.0. The lowest BCUT2D eigenvalue weighted by atomic mass is 10.0. The van der Waals surface area contributed by atoms with Gasteiger partial charge in [0.15, 0.2) is 12.4 Å². The highest BCUT2D eigenvalue weighted by Crippen LogP contribution is 2.13. The zero-order chi connectivity index (χ0) is 18.9. The second kappa shape index (κ2) is 15.8. The van der Waals surface area contributed by atoms with E-state index >= 15 is 0 Å². The van der Waals surface area contributed by atoms with Crippen molar-refractivity contribution in [2.24, 2.45) is 0 Å². The number of unbranched alkanes of at least 4 members (excludes halogenated alkanes) is 13. The second-order valence-electron chi connectivity index (χ2n) is 7.60. The summed E-state index contributed by atoms with van der Waals surface area (Å²) < 4.78 is 2.20. The van der Waals surface area contributed by atoms with Crippen LogP contribution in [0.15, 0.2) is 24.5 Å². The van der Waals surface area contributed by atoms with Crippen LogP contribution in [0.3, 0.4) is 0 Å². The highest BCUT2D eigenvalue weighted by atomic mass is 16.1. The number of aromatic nitrogens is 1. The third-order valence-corrected chi connectivity index (χ3v) is 4.98. The number of rotatable bonds is 16. The van der Waals surface area contributed by atoms with Gasteiger partial charge in [-0.05, 0) is 6.42 Å². The molecule has 1 amide bonds. The molecule has 0 aliphatic rings. The molecular weight excluding hydrogens is 320 g/mol. The van der Waals surface area contributed by atoms with Crippen molar-refractivity contribution in [3.8, 4) is 0 Å². The van der Waals surface area contributed by atoms with Gasteiger partial charge in [0.2, 0.25) is 5.91 Å². The molecule has 0 spiro atoms. The lowest BCUT2D eigenvalue weighted by Crippen LogP contribution is -2.32. The first kappa shape index (κ1) is 22.7. The van der Waals surface area contributed by atoms with E-state index in [1.165, 1.54) is 96.8 Å². The lowest BCUT2D eigenvalue weighted by Gasteiger charge is -2.03. The van der Waals surface area contributed by atoms with Crippen LogP contribution in [-0.2, 0) is 11.3 Å². The summed E-state index contributed by atoms with van der Waals surface area (Å²) in [6.07, 6.45) is 23.7. The SMILES string of the molecule is CCCCCCCCCCCCCCCC[n+]1ccc(NC(C)=O)cc1. The van der Waals surface area contributed by atoms with Gasteiger partial charge in [0, 0.05) is 25.5 Å². The van der Waals surface area contributed by atoms with Crippen molar-refractivity contribution in [1.82, 2.24) is 0 Å². The van der Waals surface area contributed by atoms with Gasteiger partial charge in [-0.1, -0.05) is 84.0 Å². The summed E-state index contributed by atoms with van der Waals surface area (Å²) in [5.41, 5.74) is 0.870. The summed E-state index contributed by atoms with van der Waals surface area (Å²) in [5, 5.41) is 2.80. The molecule has 0 unspecified atom stereocenters. The molecule has 26 heavy (non-hydrogen) atoms. The molecule has 0 aromatic carbocycles. The fourth-order valence-electron chi connectivity index (χ4n) is 3.38. The maximum Gasteiger partial charge on any atom is 0.221 e. The maximum absolute atomic E-state index is 11.0. The molecule has 0 saturated heterocycles. The molecule has 0 atom stereocenters. The topological polar surface area (TPSA) is 33.0 Å². The summed E-state index contributed by atoms with van der Waals surface area (Å²) in [7, 11) is 0. The van der Waals surface area contributed by atoms with Crippen molar-refractivity contribution in [2.75, 3.05) is 5.32 Å². The van der Waals surface area contributed by atoms with Crippen molar-refractivity contribution < 1.29 is 9.36 Å². The van der Waals surface area contributed by atoms with E-state index in [0.29, 0.717) is 0 Å². The van der Waals surface area contributed by atoms with E-state index in [2.05, 4.69) is 16.8 Å². The molecule has 0 aliphatic carbocycles. The first-order valence-electron chi connectivity index (χ1n) is 11.0. The molecule has 1 N–H and O–H groups in total. The molecule has 0 saturated carbocycles. The van der Waals surface area contributed by atoms with Crippen molar-refractivity contribution in [3.63, 3.8) is 0 Å². The number of carbonyl (C=O) groups is 1. The van der Waals surface area contributed by atoms with Crippen LogP contribution in [0.2, 0.25) is 0 Å². The number of pyridine rings is 1. The Morgan fingerprint density at radius 1 is 0.769 bits per heavy atom. The van der Waals surface area contributed by atoms with Crippen LogP contribution in [0.1, 0.15) is 104 Å². The van der Waals surface area contributed by atoms with Gasteiger partial charge in [-0.15, -0.1) is 0 Å². The minimum absolute atomic E-state index is 0.0188. The van der Waals surface area contributed by atoms with Crippen LogP contribution in [-0.4, -0.2) is 5.91 Å². The Hall–Kier alpha value is -1.38. The zero-order valence-corrected chi connectivity index (χ0v) is 17.3. The zero-order valence-electron chi connectivity index (χ0n) is 17.3. The minimum atomic E-state index is -0.0188. The molecular formula is C23H41N2O+. The number of amides is 1. The van der Waals surface area contributed by atoms with E-state index in [1.54, 1.807) is 0 Å². The Morgan fingerprint density at radius 2 is 1.19 bits per heavy atom. The molecule has 3 nitrogen and oxygen atoms in total. The van der Waals surface area contributed by atoms with E-state index in [4.69, 9.17) is 0 Å². The number of nitrogens with zero attached hydrogens (tertiary/aromatic N) is 1. The molecule has 1 rings (SSSR count). The van der Waals surface area contributed by atoms with E-state index < -0.39 is 0 Å². The number of hydrogen-bond acceptors (Lipinski definition) is 1. The molecule has 1 aromatic heterocycles. The standard InChI is InChI=1S/C23H40N2O/c1-3-4-5-6-7-8-9-10-11-12-13-14-15-16-19-25-20-17-23(18-21-25)24-22(2)26/h17-18,20-21H,3-16,19H2,1-2H3/p+1. The fraction of sp³-hybridized carbons (Fsp3) is 0.739. The summed E-state index contributed by atoms with van der Waals surface area (Å²) in [6, 6.07) is 3.93. The normalized spacial score (nSPS) is 10.8. The van der Waals surface area contributed by atoms with Gasteiger partial charge in [-0.2, -0.15) is 0 Å². The van der Waals surface area contributed by atoms with Crippen LogP contribution < -0.4 is 9.88 Å². The van der Waals surface area contributed by atoms with Gasteiger partial charge < -0.3 is 5.32 Å². The van der Waals surface area contributed by atoms with Crippen molar-refractivity contribution in [3.05, 3.63) is 24.5 Å². The Morgan fingerprint density at radius 3 is 1.62 bits per heavy atom. The predicted octanol–water partition coefficient (Wildman–Crippen LogP) is 6.41. The Labute approximate surface area is 161 Å². The molecule has 1 aromatic rings. The van der Waals surface area contributed by atoms with Crippen molar-refractivity contribution >= 4 is 11.6 Å². The van der Waals surface area contributed by atoms with Crippen molar-refractivity contribution in [2.45, 2.75) is 110 Å². The number of hydrogen-bond donors (Lipinski definition) is 1. The number of aryl methyl sites for hydroxylation is 1. The number of anilines is 1. The maximum atomic E-state index is 11.0. The van der Waals surface area contributed by atoms with E-state index in [0.717, 1.165) is 12.2 Å². The van der Waals surface area contributed by atoms with Crippen LogP contribution >= 0.6 is 0 Å². The van der Waals surface area contributed by atoms with Crippen LogP contribution in [0.25, 0.3) is 0 Å². The van der Waals surface area contributed by atoms with Crippen molar-refractivity contribution in [1.29, 1.82) is 0 Å². The molecule has 148 valence electrons. The van der Waals surface area contributed by atoms with E-state index in [1.807, 2.05) is 24.5 Å². The smallest absolute Gasteiger partial charge is 0.221 e. The highest BCUT2D eigenvalue weighted by molar-refractivity contribution is 5.88. The number of nitrogens with one attached hydrogen (secondary N) is 1. The third-order valence-electron chi connectivity index (χ3n) is 4.98. The van der Waals surface area contributed by atoms with Gasteiger partial charge in [0.05, 0.1) is 5.69 Å². The summed E-state index contributed by atoms with van der Waals surface area (Å²) >= 11 is 0. The van der Waals surface area contributed by atoms with Gasteiger partial charge in [-0.3, -0.25) is 4.79 Å². The quantitative estimate of drug-likeness (QED) is 0.268. The van der Waals surface area contributed by atoms with Gasteiger partial charge >= 0.3 is 0 Å². The average Bonchev–Trinajstić information content (AvgIpc) is 2.63. The van der Waals surface area contributed by atoms with Gasteiger partial charge in [0.1, 0.15) is 6.54 Å². The lowest BCUT2D eigenvalue weighted by molar-refractivity contribution is -0.697. The average molecular weight is 362 g/mol. The van der Waals surface area contributed by atoms with E-state index in [-0.39, 0.29) is 5.91 Å². The molecule has 0 bridgehead atoms. The predicted molar refractivity (Wildman–Crippen MR) is 111 cm³/mol. The Bertz CT molecular complexity index is 456. The van der Waals surface area contributed by atoms with Gasteiger partial charge in [-0.25, -0.2) is 4.57 Å². The minimum Gasteiger partial charge on any atom is -0.326 e. The molecule has 0 fully saturated rings. The summed E-state index contributed by atoms with van der Waals surface area (Å²) in [6.45, 7) is 4.89. The van der Waals surface area contributed by atoms with Crippen LogP contribution in [0.4, 0.5) is 5.69 Å². The molecule has 0 radical (unpaired) electrons. The Balaban J connectivity index is 1.87. The first-order valence-corrected chi connectivity index (χ1v) is 11.0. The molecule has 0 aliphatic heterocycles. The fourth-order valence-corrected chi connectivity index (χ4v) is 3.38. The van der Waals surface area contributed by atoms with Crippen LogP contribution in [0.5, 0.6) is 0 Å². The second-order valence-corrected chi connectivity index (χ2v) is 7.60. The molecule has 1 heterocycles. The first-order chi connectivity index (χ1) is 12.7. The number of carbonyl (C=O) groups excluding carboxylic acids is 1. The third kappa shape index (κ3) is 12.9. The summed E-state index contributed by atoms with van der Waals surface area (Å²) in [5.74, 6) is -0.0188. The molecule has 3 heteroatoms.